The molecule has 1 aliphatic carbocycles. The van der Waals surface area contributed by atoms with Gasteiger partial charge < -0.3 is 19.9 Å². The van der Waals surface area contributed by atoms with Gasteiger partial charge in [0.05, 0.1) is 23.3 Å². The summed E-state index contributed by atoms with van der Waals surface area (Å²) in [5.41, 5.74) is 2.98. The van der Waals surface area contributed by atoms with Crippen LogP contribution in [0.25, 0.3) is 0 Å². The predicted octanol–water partition coefficient (Wildman–Crippen LogP) is 4.72. The normalized spacial score (nSPS) is 20.8. The Bertz CT molecular complexity index is 974. The van der Waals surface area contributed by atoms with E-state index in [0.717, 1.165) is 5.70 Å². The lowest BCUT2D eigenvalue weighted by Crippen LogP contribution is -2.39. The van der Waals surface area contributed by atoms with Gasteiger partial charge in [0.2, 0.25) is 0 Å². The Labute approximate surface area is 185 Å². The molecule has 0 saturated carbocycles. The van der Waals surface area contributed by atoms with Crippen LogP contribution in [0.15, 0.2) is 39.1 Å². The molecule has 0 radical (unpaired) electrons. The van der Waals surface area contributed by atoms with E-state index in [-0.39, 0.29) is 28.8 Å². The van der Waals surface area contributed by atoms with Gasteiger partial charge in [-0.15, -0.1) is 0 Å². The van der Waals surface area contributed by atoms with E-state index in [1.807, 2.05) is 6.92 Å². The number of esters is 1. The molecule has 0 spiro atoms. The molecule has 162 valence electrons. The highest BCUT2D eigenvalue weighted by molar-refractivity contribution is 9.10. The number of ketones is 1. The Morgan fingerprint density at radius 1 is 1.30 bits per heavy atom. The standard InChI is InChI=1S/C23H28BrNO5/c1-11(2)30-22(28)18-12(3)25-15-9-23(4,5)10-16(26)20(15)19(18)13-7-14(24)21(27)17(8-13)29-6/h7-8,11,19,25,27H,9-10H2,1-6H3/t19-/m1/s1. The molecule has 0 amide bonds. The van der Waals surface area contributed by atoms with Crippen molar-refractivity contribution in [2.75, 3.05) is 7.11 Å². The van der Waals surface area contributed by atoms with Gasteiger partial charge in [0, 0.05) is 29.3 Å². The maximum Gasteiger partial charge on any atom is 0.337 e. The molecule has 7 heteroatoms. The summed E-state index contributed by atoms with van der Waals surface area (Å²) < 4.78 is 11.3. The van der Waals surface area contributed by atoms with Gasteiger partial charge in [-0.25, -0.2) is 4.79 Å². The third-order valence-electron chi connectivity index (χ3n) is 5.41. The first-order valence-electron chi connectivity index (χ1n) is 9.96. The van der Waals surface area contributed by atoms with E-state index in [1.54, 1.807) is 26.0 Å². The number of carbonyl (C=O) groups is 2. The summed E-state index contributed by atoms with van der Waals surface area (Å²) in [6, 6.07) is 3.39. The zero-order valence-electron chi connectivity index (χ0n) is 18.2. The van der Waals surface area contributed by atoms with Crippen LogP contribution in [0.1, 0.15) is 58.9 Å². The minimum atomic E-state index is -0.609. The SMILES string of the molecule is COc1cc([C@@H]2C(C(=O)OC(C)C)=C(C)NC3=C2C(=O)CC(C)(C)C3)cc(Br)c1O. The Kier molecular flexibility index (Phi) is 6.05. The molecule has 30 heavy (non-hydrogen) atoms. The fourth-order valence-corrected chi connectivity index (χ4v) is 4.69. The van der Waals surface area contributed by atoms with E-state index in [0.29, 0.717) is 39.7 Å². The Morgan fingerprint density at radius 2 is 1.97 bits per heavy atom. The first kappa shape index (κ1) is 22.4. The number of hydrogen-bond acceptors (Lipinski definition) is 6. The number of carbonyl (C=O) groups excluding carboxylic acids is 2. The van der Waals surface area contributed by atoms with Crippen molar-refractivity contribution in [2.24, 2.45) is 5.41 Å². The molecule has 1 aliphatic heterocycles. The quantitative estimate of drug-likeness (QED) is 0.610. The number of allylic oxidation sites excluding steroid dienone is 3. The lowest BCUT2D eigenvalue weighted by atomic mass is 9.68. The van der Waals surface area contributed by atoms with E-state index < -0.39 is 11.9 Å². The number of methoxy groups -OCH3 is 1. The van der Waals surface area contributed by atoms with E-state index in [4.69, 9.17) is 9.47 Å². The lowest BCUT2D eigenvalue weighted by Gasteiger charge is -2.39. The van der Waals surface area contributed by atoms with Crippen LogP contribution in [0.3, 0.4) is 0 Å². The van der Waals surface area contributed by atoms with E-state index in [9.17, 15) is 14.7 Å². The third-order valence-corrected chi connectivity index (χ3v) is 6.01. The number of aromatic hydroxyl groups is 1. The third kappa shape index (κ3) is 4.13. The van der Waals surface area contributed by atoms with Gasteiger partial charge in [-0.1, -0.05) is 13.8 Å². The minimum Gasteiger partial charge on any atom is -0.503 e. The summed E-state index contributed by atoms with van der Waals surface area (Å²) in [7, 11) is 1.46. The Balaban J connectivity index is 2.24. The molecular formula is C23H28BrNO5. The molecule has 0 bridgehead atoms. The van der Waals surface area contributed by atoms with Crippen molar-refractivity contribution in [2.45, 2.75) is 59.5 Å². The van der Waals surface area contributed by atoms with Crippen molar-refractivity contribution in [1.82, 2.24) is 5.32 Å². The molecular weight excluding hydrogens is 450 g/mol. The van der Waals surface area contributed by atoms with Gasteiger partial charge in [0.1, 0.15) is 0 Å². The molecule has 0 saturated heterocycles. The smallest absolute Gasteiger partial charge is 0.337 e. The molecule has 6 nitrogen and oxygen atoms in total. The van der Waals surface area contributed by atoms with Gasteiger partial charge in [-0.2, -0.15) is 0 Å². The molecule has 2 aliphatic rings. The Hall–Kier alpha value is -2.28. The maximum atomic E-state index is 13.3. The van der Waals surface area contributed by atoms with E-state index >= 15 is 0 Å². The van der Waals surface area contributed by atoms with Crippen LogP contribution in [0.5, 0.6) is 11.5 Å². The van der Waals surface area contributed by atoms with Crippen LogP contribution in [-0.2, 0) is 14.3 Å². The van der Waals surface area contributed by atoms with Gasteiger partial charge in [-0.3, -0.25) is 4.79 Å². The van der Waals surface area contributed by atoms with Gasteiger partial charge in [-0.05, 0) is 66.2 Å². The number of nitrogens with one attached hydrogen (secondary N) is 1. The van der Waals surface area contributed by atoms with E-state index in [1.165, 1.54) is 7.11 Å². The summed E-state index contributed by atoms with van der Waals surface area (Å²) in [6.07, 6.45) is 0.799. The minimum absolute atomic E-state index is 0.00395. The molecule has 1 aromatic carbocycles. The van der Waals surface area contributed by atoms with Crippen molar-refractivity contribution in [1.29, 1.82) is 0 Å². The first-order chi connectivity index (χ1) is 13.9. The largest absolute Gasteiger partial charge is 0.503 e. The van der Waals surface area contributed by atoms with E-state index in [2.05, 4.69) is 35.1 Å². The number of Topliss-reactive ketones (excluding diaryl/α,β-unsaturated/α-hetero) is 1. The molecule has 1 heterocycles. The number of phenolic OH excluding ortho intramolecular Hbond substituents is 1. The van der Waals surface area contributed by atoms with Gasteiger partial charge >= 0.3 is 5.97 Å². The molecule has 1 atom stereocenters. The van der Waals surface area contributed by atoms with Gasteiger partial charge in [0.15, 0.2) is 17.3 Å². The number of halogens is 1. The number of rotatable bonds is 4. The fraction of sp³-hybridized carbons (Fsp3) is 0.478. The molecule has 0 aromatic heterocycles. The fourth-order valence-electron chi connectivity index (χ4n) is 4.23. The second kappa shape index (κ2) is 8.10. The first-order valence-corrected chi connectivity index (χ1v) is 10.8. The second-order valence-corrected chi connectivity index (χ2v) is 9.79. The zero-order valence-corrected chi connectivity index (χ0v) is 19.8. The van der Waals surface area contributed by atoms with Crippen LogP contribution >= 0.6 is 15.9 Å². The monoisotopic (exact) mass is 477 g/mol. The molecule has 3 rings (SSSR count). The van der Waals surface area contributed by atoms with Crippen molar-refractivity contribution in [3.8, 4) is 11.5 Å². The zero-order chi connectivity index (χ0) is 22.4. The van der Waals surface area contributed by atoms with Crippen LogP contribution < -0.4 is 10.1 Å². The van der Waals surface area contributed by atoms with Crippen LogP contribution in [0.2, 0.25) is 0 Å². The maximum absolute atomic E-state index is 13.3. The number of benzene rings is 1. The van der Waals surface area contributed by atoms with Crippen molar-refractivity contribution in [3.63, 3.8) is 0 Å². The summed E-state index contributed by atoms with van der Waals surface area (Å²) in [5.74, 6) is -0.844. The summed E-state index contributed by atoms with van der Waals surface area (Å²) >= 11 is 3.36. The summed E-state index contributed by atoms with van der Waals surface area (Å²) in [4.78, 5) is 26.3. The molecule has 2 N–H and O–H groups in total. The van der Waals surface area contributed by atoms with Crippen LogP contribution in [-0.4, -0.2) is 30.1 Å². The topological polar surface area (TPSA) is 84.9 Å². The summed E-state index contributed by atoms with van der Waals surface area (Å²) in [6.45, 7) is 9.53. The summed E-state index contributed by atoms with van der Waals surface area (Å²) in [5, 5.41) is 13.6. The van der Waals surface area contributed by atoms with Crippen molar-refractivity contribution >= 4 is 27.7 Å². The van der Waals surface area contributed by atoms with Crippen molar-refractivity contribution in [3.05, 3.63) is 44.7 Å². The van der Waals surface area contributed by atoms with Crippen LogP contribution in [0.4, 0.5) is 0 Å². The lowest BCUT2D eigenvalue weighted by molar-refractivity contribution is -0.143. The van der Waals surface area contributed by atoms with Crippen LogP contribution in [0, 0.1) is 5.41 Å². The molecule has 0 unspecified atom stereocenters. The predicted molar refractivity (Wildman–Crippen MR) is 117 cm³/mol. The number of phenols is 1. The van der Waals surface area contributed by atoms with Gasteiger partial charge in [0.25, 0.3) is 0 Å². The highest BCUT2D eigenvalue weighted by Crippen LogP contribution is 2.49. The molecule has 1 aromatic rings. The molecule has 0 fully saturated rings. The average Bonchev–Trinajstić information content (AvgIpc) is 2.60. The highest BCUT2D eigenvalue weighted by atomic mass is 79.9. The number of ether oxygens (including phenoxy) is 2. The number of dihydropyridines is 1. The average molecular weight is 478 g/mol. The second-order valence-electron chi connectivity index (χ2n) is 8.94. The van der Waals surface area contributed by atoms with Crippen molar-refractivity contribution < 1.29 is 24.2 Å². The number of hydrogen-bond donors (Lipinski definition) is 2. The highest BCUT2D eigenvalue weighted by Gasteiger charge is 2.43. The Morgan fingerprint density at radius 3 is 2.57 bits per heavy atom.